The van der Waals surface area contributed by atoms with Crippen LogP contribution in [0.2, 0.25) is 0 Å². The highest BCUT2D eigenvalue weighted by Crippen LogP contribution is 2.24. The summed E-state index contributed by atoms with van der Waals surface area (Å²) in [5.74, 6) is 0.541. The summed E-state index contributed by atoms with van der Waals surface area (Å²) in [5.41, 5.74) is 4.20. The quantitative estimate of drug-likeness (QED) is 0.795. The monoisotopic (exact) mass is 375 g/mol. The highest BCUT2D eigenvalue weighted by molar-refractivity contribution is 9.10. The zero-order valence-electron chi connectivity index (χ0n) is 13.9. The van der Waals surface area contributed by atoms with Gasteiger partial charge in [-0.2, -0.15) is 0 Å². The molecule has 0 heterocycles. The van der Waals surface area contributed by atoms with Gasteiger partial charge < -0.3 is 10.1 Å². The van der Waals surface area contributed by atoms with Crippen LogP contribution in [0.4, 0.5) is 5.69 Å². The number of rotatable bonds is 5. The maximum Gasteiger partial charge on any atom is 0.265 e. The van der Waals surface area contributed by atoms with E-state index in [-0.39, 0.29) is 5.91 Å². The Labute approximate surface area is 146 Å². The molecule has 0 radical (unpaired) electrons. The minimum Gasteiger partial charge on any atom is -0.481 e. The summed E-state index contributed by atoms with van der Waals surface area (Å²) in [6.45, 7) is 7.87. The van der Waals surface area contributed by atoms with Gasteiger partial charge in [0, 0.05) is 4.47 Å². The zero-order valence-corrected chi connectivity index (χ0v) is 15.5. The van der Waals surface area contributed by atoms with Crippen LogP contribution in [0.3, 0.4) is 0 Å². The Hall–Kier alpha value is -1.81. The van der Waals surface area contributed by atoms with Crippen molar-refractivity contribution in [2.45, 2.75) is 40.2 Å². The molecule has 0 aliphatic carbocycles. The number of aryl methyl sites for hydroxylation is 3. The number of anilines is 1. The van der Waals surface area contributed by atoms with Gasteiger partial charge in [-0.05, 0) is 84.1 Å². The van der Waals surface area contributed by atoms with Crippen LogP contribution in [0.1, 0.15) is 30.5 Å². The number of halogens is 1. The van der Waals surface area contributed by atoms with E-state index in [0.717, 1.165) is 27.7 Å². The van der Waals surface area contributed by atoms with Crippen LogP contribution in [0, 0.1) is 13.8 Å². The SMILES string of the molecule is CCc1ccc(NC(=O)C(C)Oc2cc(C)cc(C)c2)c(Br)c1. The van der Waals surface area contributed by atoms with Gasteiger partial charge in [0.05, 0.1) is 5.69 Å². The second kappa shape index (κ2) is 7.64. The van der Waals surface area contributed by atoms with Gasteiger partial charge in [0.25, 0.3) is 5.91 Å². The third kappa shape index (κ3) is 4.83. The van der Waals surface area contributed by atoms with Crippen molar-refractivity contribution in [3.05, 3.63) is 57.6 Å². The van der Waals surface area contributed by atoms with E-state index in [4.69, 9.17) is 4.74 Å². The molecule has 0 aliphatic heterocycles. The molecule has 122 valence electrons. The first-order valence-electron chi connectivity index (χ1n) is 7.73. The number of benzene rings is 2. The van der Waals surface area contributed by atoms with Crippen LogP contribution >= 0.6 is 15.9 Å². The van der Waals surface area contributed by atoms with Crippen LogP contribution in [-0.4, -0.2) is 12.0 Å². The molecule has 0 saturated heterocycles. The predicted molar refractivity (Wildman–Crippen MR) is 98.2 cm³/mol. The Morgan fingerprint density at radius 3 is 2.39 bits per heavy atom. The lowest BCUT2D eigenvalue weighted by Crippen LogP contribution is -2.30. The molecule has 2 aromatic rings. The third-order valence-electron chi connectivity index (χ3n) is 3.58. The average Bonchev–Trinajstić information content (AvgIpc) is 2.48. The topological polar surface area (TPSA) is 38.3 Å². The zero-order chi connectivity index (χ0) is 17.0. The van der Waals surface area contributed by atoms with E-state index in [1.54, 1.807) is 6.92 Å². The molecular weight excluding hydrogens is 354 g/mol. The Kier molecular flexibility index (Phi) is 5.83. The van der Waals surface area contributed by atoms with Crippen molar-refractivity contribution < 1.29 is 9.53 Å². The molecule has 4 heteroatoms. The summed E-state index contributed by atoms with van der Waals surface area (Å²) in [4.78, 5) is 12.3. The van der Waals surface area contributed by atoms with Gasteiger partial charge >= 0.3 is 0 Å². The number of carbonyl (C=O) groups is 1. The maximum absolute atomic E-state index is 12.3. The molecule has 0 bridgehead atoms. The standard InChI is InChI=1S/C19H22BrNO2/c1-5-15-6-7-18(17(20)11-15)21-19(22)14(4)23-16-9-12(2)8-13(3)10-16/h6-11,14H,5H2,1-4H3,(H,21,22). The van der Waals surface area contributed by atoms with E-state index in [9.17, 15) is 4.79 Å². The minimum atomic E-state index is -0.575. The van der Waals surface area contributed by atoms with Crippen molar-refractivity contribution in [3.63, 3.8) is 0 Å². The van der Waals surface area contributed by atoms with E-state index in [2.05, 4.69) is 34.2 Å². The fourth-order valence-electron chi connectivity index (χ4n) is 2.37. The molecule has 0 aliphatic rings. The van der Waals surface area contributed by atoms with Gasteiger partial charge in [-0.25, -0.2) is 0 Å². The van der Waals surface area contributed by atoms with Crippen molar-refractivity contribution in [3.8, 4) is 5.75 Å². The Bertz CT molecular complexity index is 692. The fraction of sp³-hybridized carbons (Fsp3) is 0.316. The number of carbonyl (C=O) groups excluding carboxylic acids is 1. The normalized spacial score (nSPS) is 11.9. The molecule has 1 atom stereocenters. The second-order valence-corrected chi connectivity index (χ2v) is 6.59. The van der Waals surface area contributed by atoms with Gasteiger partial charge in [0.2, 0.25) is 0 Å². The van der Waals surface area contributed by atoms with Crippen molar-refractivity contribution in [2.24, 2.45) is 0 Å². The molecule has 23 heavy (non-hydrogen) atoms. The molecule has 0 saturated carbocycles. The van der Waals surface area contributed by atoms with Crippen LogP contribution < -0.4 is 10.1 Å². The van der Waals surface area contributed by atoms with Gasteiger partial charge in [-0.1, -0.05) is 19.1 Å². The number of hydrogen-bond donors (Lipinski definition) is 1. The number of ether oxygens (including phenoxy) is 1. The Morgan fingerprint density at radius 1 is 1.17 bits per heavy atom. The smallest absolute Gasteiger partial charge is 0.265 e. The summed E-state index contributed by atoms with van der Waals surface area (Å²) in [6, 6.07) is 11.9. The van der Waals surface area contributed by atoms with Gasteiger partial charge in [0.1, 0.15) is 5.75 Å². The highest BCUT2D eigenvalue weighted by atomic mass is 79.9. The molecule has 2 rings (SSSR count). The van der Waals surface area contributed by atoms with E-state index in [1.165, 1.54) is 5.56 Å². The largest absolute Gasteiger partial charge is 0.481 e. The number of nitrogens with one attached hydrogen (secondary N) is 1. The molecular formula is C19H22BrNO2. The number of amides is 1. The van der Waals surface area contributed by atoms with Crippen molar-refractivity contribution >= 4 is 27.5 Å². The van der Waals surface area contributed by atoms with Crippen LogP contribution in [0.5, 0.6) is 5.75 Å². The molecule has 1 N–H and O–H groups in total. The van der Waals surface area contributed by atoms with Gasteiger partial charge in [-0.15, -0.1) is 0 Å². The summed E-state index contributed by atoms with van der Waals surface area (Å²) in [5, 5.41) is 2.90. The lowest BCUT2D eigenvalue weighted by atomic mass is 10.1. The first-order valence-corrected chi connectivity index (χ1v) is 8.52. The third-order valence-corrected chi connectivity index (χ3v) is 4.23. The molecule has 0 spiro atoms. The first kappa shape index (κ1) is 17.5. The summed E-state index contributed by atoms with van der Waals surface area (Å²) >= 11 is 3.50. The van der Waals surface area contributed by atoms with Crippen LogP contribution in [-0.2, 0) is 11.2 Å². The fourth-order valence-corrected chi connectivity index (χ4v) is 2.90. The van der Waals surface area contributed by atoms with Crippen molar-refractivity contribution in [1.82, 2.24) is 0 Å². The molecule has 1 unspecified atom stereocenters. The summed E-state index contributed by atoms with van der Waals surface area (Å²) < 4.78 is 6.65. The molecule has 1 amide bonds. The van der Waals surface area contributed by atoms with E-state index in [0.29, 0.717) is 5.75 Å². The van der Waals surface area contributed by atoms with E-state index < -0.39 is 6.10 Å². The molecule has 0 fully saturated rings. The Morgan fingerprint density at radius 2 is 1.83 bits per heavy atom. The molecule has 3 nitrogen and oxygen atoms in total. The van der Waals surface area contributed by atoms with Crippen LogP contribution in [0.15, 0.2) is 40.9 Å². The Balaban J connectivity index is 2.05. The summed E-state index contributed by atoms with van der Waals surface area (Å²) in [7, 11) is 0. The minimum absolute atomic E-state index is 0.172. The average molecular weight is 376 g/mol. The molecule has 2 aromatic carbocycles. The van der Waals surface area contributed by atoms with Gasteiger partial charge in [0.15, 0.2) is 6.10 Å². The summed E-state index contributed by atoms with van der Waals surface area (Å²) in [6.07, 6.45) is 0.382. The number of hydrogen-bond acceptors (Lipinski definition) is 2. The highest BCUT2D eigenvalue weighted by Gasteiger charge is 2.16. The molecule has 0 aromatic heterocycles. The maximum atomic E-state index is 12.3. The van der Waals surface area contributed by atoms with Crippen molar-refractivity contribution in [1.29, 1.82) is 0 Å². The first-order chi connectivity index (χ1) is 10.9. The second-order valence-electron chi connectivity index (χ2n) is 5.74. The lowest BCUT2D eigenvalue weighted by molar-refractivity contribution is -0.122. The van der Waals surface area contributed by atoms with Crippen molar-refractivity contribution in [2.75, 3.05) is 5.32 Å². The van der Waals surface area contributed by atoms with E-state index in [1.807, 2.05) is 44.2 Å². The van der Waals surface area contributed by atoms with Gasteiger partial charge in [-0.3, -0.25) is 4.79 Å². The van der Waals surface area contributed by atoms with Crippen LogP contribution in [0.25, 0.3) is 0 Å². The predicted octanol–water partition coefficient (Wildman–Crippen LogP) is 5.03. The van der Waals surface area contributed by atoms with E-state index >= 15 is 0 Å². The lowest BCUT2D eigenvalue weighted by Gasteiger charge is -2.16.